The highest BCUT2D eigenvalue weighted by atomic mass is 31.2. The standard InChI is InChI=1S/C22H29O10P/c1-5-27-20(23)13-17-18(32-33(25,29-6-2)30-7-3)14-21(26-4)31-19(17)15-28-22(24)16-11-9-8-10-12-16/h8-14,19,21H,5-7,15H2,1-4H3/b17-13-/t19-,21+/m1/s1. The van der Waals surface area contributed by atoms with E-state index in [4.69, 9.17) is 32.5 Å². The quantitative estimate of drug-likeness (QED) is 0.246. The number of hydrogen-bond acceptors (Lipinski definition) is 10. The van der Waals surface area contributed by atoms with Crippen molar-refractivity contribution in [3.8, 4) is 0 Å². The van der Waals surface area contributed by atoms with Gasteiger partial charge in [-0.2, -0.15) is 0 Å². The summed E-state index contributed by atoms with van der Waals surface area (Å²) in [6.07, 6.45) is 0.538. The third-order valence-electron chi connectivity index (χ3n) is 4.17. The van der Waals surface area contributed by atoms with E-state index in [1.54, 1.807) is 51.1 Å². The molecule has 0 unspecified atom stereocenters. The molecule has 1 aliphatic rings. The molecule has 0 amide bonds. The van der Waals surface area contributed by atoms with Gasteiger partial charge in [0.1, 0.15) is 18.5 Å². The van der Waals surface area contributed by atoms with Crippen molar-refractivity contribution in [1.29, 1.82) is 0 Å². The van der Waals surface area contributed by atoms with E-state index in [-0.39, 0.29) is 37.8 Å². The Kier molecular flexibility index (Phi) is 10.8. The number of phosphoric ester groups is 1. The van der Waals surface area contributed by atoms with E-state index in [2.05, 4.69) is 0 Å². The molecule has 0 radical (unpaired) electrons. The van der Waals surface area contributed by atoms with Crippen LogP contribution < -0.4 is 0 Å². The maximum Gasteiger partial charge on any atom is 0.530 e. The van der Waals surface area contributed by atoms with E-state index in [1.165, 1.54) is 13.2 Å². The molecule has 10 nitrogen and oxygen atoms in total. The second-order valence-electron chi connectivity index (χ2n) is 6.45. The number of methoxy groups -OCH3 is 1. The van der Waals surface area contributed by atoms with E-state index in [1.807, 2.05) is 0 Å². The first-order valence-corrected chi connectivity index (χ1v) is 11.9. The summed E-state index contributed by atoms with van der Waals surface area (Å²) >= 11 is 0. The summed E-state index contributed by atoms with van der Waals surface area (Å²) < 4.78 is 50.3. The molecule has 0 saturated heterocycles. The molecule has 1 aromatic carbocycles. The number of phosphoric acid groups is 1. The molecule has 2 rings (SSSR count). The molecule has 182 valence electrons. The van der Waals surface area contributed by atoms with Crippen molar-refractivity contribution in [3.05, 3.63) is 59.4 Å². The van der Waals surface area contributed by atoms with Gasteiger partial charge in [0.2, 0.25) is 0 Å². The fourth-order valence-electron chi connectivity index (χ4n) is 2.80. The molecular formula is C22H29O10P. The van der Waals surface area contributed by atoms with Crippen LogP contribution in [0.2, 0.25) is 0 Å². The molecule has 0 N–H and O–H groups in total. The molecule has 1 heterocycles. The number of carbonyl (C=O) groups excluding carboxylic acids is 2. The summed E-state index contributed by atoms with van der Waals surface area (Å²) in [4.78, 5) is 24.6. The van der Waals surface area contributed by atoms with Gasteiger partial charge in [0.15, 0.2) is 6.29 Å². The van der Waals surface area contributed by atoms with Crippen LogP contribution >= 0.6 is 7.82 Å². The van der Waals surface area contributed by atoms with E-state index >= 15 is 0 Å². The Labute approximate surface area is 193 Å². The highest BCUT2D eigenvalue weighted by molar-refractivity contribution is 7.48. The summed E-state index contributed by atoms with van der Waals surface area (Å²) in [6.45, 7) is 4.88. The Balaban J connectivity index is 2.35. The van der Waals surface area contributed by atoms with Crippen molar-refractivity contribution in [2.75, 3.05) is 33.5 Å². The average molecular weight is 484 g/mol. The predicted molar refractivity (Wildman–Crippen MR) is 117 cm³/mol. The molecule has 0 fully saturated rings. The van der Waals surface area contributed by atoms with Gasteiger partial charge < -0.3 is 23.5 Å². The summed E-state index contributed by atoms with van der Waals surface area (Å²) in [6, 6.07) is 8.38. The molecule has 0 bridgehead atoms. The Bertz CT molecular complexity index is 886. The molecule has 1 aliphatic heterocycles. The van der Waals surface area contributed by atoms with E-state index in [9.17, 15) is 14.2 Å². The molecule has 11 heteroatoms. The molecule has 0 aliphatic carbocycles. The van der Waals surface area contributed by atoms with Crippen molar-refractivity contribution < 1.29 is 46.7 Å². The predicted octanol–water partition coefficient (Wildman–Crippen LogP) is 3.79. The lowest BCUT2D eigenvalue weighted by molar-refractivity contribution is -0.140. The zero-order chi connectivity index (χ0) is 24.3. The van der Waals surface area contributed by atoms with Gasteiger partial charge >= 0.3 is 19.8 Å². The summed E-state index contributed by atoms with van der Waals surface area (Å²) in [5.41, 5.74) is 0.471. The van der Waals surface area contributed by atoms with Crippen LogP contribution in [0.15, 0.2) is 53.8 Å². The first-order valence-electron chi connectivity index (χ1n) is 10.4. The average Bonchev–Trinajstić information content (AvgIpc) is 2.79. The van der Waals surface area contributed by atoms with Crippen LogP contribution in [0.3, 0.4) is 0 Å². The van der Waals surface area contributed by atoms with Crippen LogP contribution in [0.5, 0.6) is 0 Å². The van der Waals surface area contributed by atoms with Crippen LogP contribution in [0.1, 0.15) is 31.1 Å². The Morgan fingerprint density at radius 3 is 2.27 bits per heavy atom. The summed E-state index contributed by atoms with van der Waals surface area (Å²) in [5, 5.41) is 0. The smallest absolute Gasteiger partial charge is 0.463 e. The van der Waals surface area contributed by atoms with Crippen molar-refractivity contribution in [2.45, 2.75) is 33.2 Å². The number of carbonyl (C=O) groups is 2. The molecule has 0 saturated carbocycles. The first-order chi connectivity index (χ1) is 15.9. The fourth-order valence-corrected chi connectivity index (χ4v) is 4.02. The van der Waals surface area contributed by atoms with Crippen LogP contribution in [0.4, 0.5) is 0 Å². The minimum Gasteiger partial charge on any atom is -0.463 e. The number of rotatable bonds is 12. The van der Waals surface area contributed by atoms with Crippen molar-refractivity contribution in [1.82, 2.24) is 0 Å². The second kappa shape index (κ2) is 13.3. The first kappa shape index (κ1) is 26.8. The molecule has 2 atom stereocenters. The van der Waals surface area contributed by atoms with E-state index < -0.39 is 32.2 Å². The van der Waals surface area contributed by atoms with E-state index in [0.29, 0.717) is 5.56 Å². The molecule has 1 aromatic rings. The SMILES string of the molecule is CCOC(=O)/C=C1/C(OP(=O)(OCC)OCC)=C[C@@H](OC)O[C@@H]1COC(=O)c1ccccc1. The minimum atomic E-state index is -4.01. The van der Waals surface area contributed by atoms with Crippen LogP contribution in [-0.4, -0.2) is 57.9 Å². The van der Waals surface area contributed by atoms with Gasteiger partial charge in [-0.05, 0) is 32.9 Å². The van der Waals surface area contributed by atoms with Gasteiger partial charge in [-0.25, -0.2) is 14.2 Å². The van der Waals surface area contributed by atoms with E-state index in [0.717, 1.165) is 6.08 Å². The Morgan fingerprint density at radius 2 is 1.70 bits per heavy atom. The molecule has 0 aromatic heterocycles. The Hall–Kier alpha value is -2.49. The van der Waals surface area contributed by atoms with Gasteiger partial charge in [0.05, 0.1) is 25.4 Å². The largest absolute Gasteiger partial charge is 0.530 e. The van der Waals surface area contributed by atoms with Gasteiger partial charge in [-0.1, -0.05) is 18.2 Å². The maximum atomic E-state index is 13.0. The second-order valence-corrected chi connectivity index (χ2v) is 8.04. The van der Waals surface area contributed by atoms with Crippen molar-refractivity contribution in [2.24, 2.45) is 0 Å². The Morgan fingerprint density at radius 1 is 1.03 bits per heavy atom. The fraction of sp³-hybridized carbons (Fsp3) is 0.455. The lowest BCUT2D eigenvalue weighted by Gasteiger charge is -2.31. The molecule has 33 heavy (non-hydrogen) atoms. The van der Waals surface area contributed by atoms with Crippen LogP contribution in [-0.2, 0) is 41.9 Å². The number of esters is 2. The highest BCUT2D eigenvalue weighted by Crippen LogP contribution is 2.53. The minimum absolute atomic E-state index is 0.0350. The van der Waals surface area contributed by atoms with Crippen molar-refractivity contribution >= 4 is 19.8 Å². The van der Waals surface area contributed by atoms with Gasteiger partial charge in [0.25, 0.3) is 0 Å². The van der Waals surface area contributed by atoms with Crippen LogP contribution in [0.25, 0.3) is 0 Å². The third kappa shape index (κ3) is 8.10. The zero-order valence-electron chi connectivity index (χ0n) is 19.1. The third-order valence-corrected chi connectivity index (χ3v) is 5.74. The number of ether oxygens (including phenoxy) is 4. The highest BCUT2D eigenvalue weighted by Gasteiger charge is 2.37. The maximum absolute atomic E-state index is 13.0. The molecule has 0 spiro atoms. The monoisotopic (exact) mass is 484 g/mol. The van der Waals surface area contributed by atoms with Gasteiger partial charge in [-0.3, -0.25) is 9.05 Å². The van der Waals surface area contributed by atoms with Crippen molar-refractivity contribution in [3.63, 3.8) is 0 Å². The normalized spacial score (nSPS) is 19.6. The van der Waals surface area contributed by atoms with Gasteiger partial charge in [0, 0.05) is 24.8 Å². The number of benzene rings is 1. The van der Waals surface area contributed by atoms with Crippen LogP contribution in [0, 0.1) is 0 Å². The topological polar surface area (TPSA) is 116 Å². The van der Waals surface area contributed by atoms with Gasteiger partial charge in [-0.15, -0.1) is 0 Å². The lowest BCUT2D eigenvalue weighted by atomic mass is 10.0. The zero-order valence-corrected chi connectivity index (χ0v) is 19.9. The lowest BCUT2D eigenvalue weighted by Crippen LogP contribution is -2.35. The number of hydrogen-bond donors (Lipinski definition) is 0. The summed E-state index contributed by atoms with van der Waals surface area (Å²) in [7, 11) is -2.63. The summed E-state index contributed by atoms with van der Waals surface area (Å²) in [5.74, 6) is -1.31. The molecular weight excluding hydrogens is 455 g/mol.